The molecule has 57 heavy (non-hydrogen) atoms. The second-order valence-electron chi connectivity index (χ2n) is 14.5. The molecule has 1 aliphatic carbocycles. The maximum atomic E-state index is 10.0. The van der Waals surface area contributed by atoms with Gasteiger partial charge in [0.05, 0.1) is 28.4 Å². The smallest absolute Gasteiger partial charge is 0.160 e. The summed E-state index contributed by atoms with van der Waals surface area (Å²) in [5, 5.41) is 10.0. The van der Waals surface area contributed by atoms with E-state index in [-0.39, 0.29) is 0 Å². The average molecular weight is 726 g/mol. The summed E-state index contributed by atoms with van der Waals surface area (Å²) < 4.78 is 0. The van der Waals surface area contributed by atoms with E-state index in [0.717, 1.165) is 61.5 Å². The zero-order valence-electron chi connectivity index (χ0n) is 31.0. The van der Waals surface area contributed by atoms with E-state index in [2.05, 4.69) is 188 Å². The van der Waals surface area contributed by atoms with Crippen molar-refractivity contribution in [3.8, 4) is 73.4 Å². The second-order valence-corrected chi connectivity index (χ2v) is 14.5. The van der Waals surface area contributed by atoms with Crippen LogP contribution in [0.15, 0.2) is 212 Å². The lowest BCUT2D eigenvalue weighted by Gasteiger charge is -2.34. The fourth-order valence-corrected chi connectivity index (χ4v) is 8.52. The quantitative estimate of drug-likeness (QED) is 0.164. The van der Waals surface area contributed by atoms with Gasteiger partial charge in [-0.1, -0.05) is 182 Å². The van der Waals surface area contributed by atoms with E-state index in [1.807, 2.05) is 30.3 Å². The van der Waals surface area contributed by atoms with E-state index in [1.165, 1.54) is 22.3 Å². The van der Waals surface area contributed by atoms with Crippen molar-refractivity contribution < 1.29 is 0 Å². The first-order valence-corrected chi connectivity index (χ1v) is 19.2. The zero-order valence-corrected chi connectivity index (χ0v) is 31.0. The van der Waals surface area contributed by atoms with Crippen LogP contribution in [0.25, 0.3) is 67.3 Å². The highest BCUT2D eigenvalue weighted by Crippen LogP contribution is 2.57. The van der Waals surface area contributed by atoms with Gasteiger partial charge in [-0.2, -0.15) is 5.26 Å². The van der Waals surface area contributed by atoms with Crippen molar-refractivity contribution in [2.45, 2.75) is 5.41 Å². The number of hydrogen-bond acceptors (Lipinski definition) is 3. The molecular weight excluding hydrogens is 691 g/mol. The highest BCUT2D eigenvalue weighted by molar-refractivity contribution is 5.89. The van der Waals surface area contributed by atoms with E-state index in [4.69, 9.17) is 9.97 Å². The van der Waals surface area contributed by atoms with Gasteiger partial charge in [-0.15, -0.1) is 0 Å². The number of nitrogens with zero attached hydrogens (tertiary/aromatic N) is 3. The zero-order chi connectivity index (χ0) is 38.2. The highest BCUT2D eigenvalue weighted by Gasteiger charge is 2.46. The Morgan fingerprint density at radius 2 is 0.789 bits per heavy atom. The van der Waals surface area contributed by atoms with E-state index < -0.39 is 5.41 Å². The van der Waals surface area contributed by atoms with Crippen molar-refractivity contribution in [3.63, 3.8) is 0 Å². The van der Waals surface area contributed by atoms with Gasteiger partial charge < -0.3 is 0 Å². The molecule has 0 radical (unpaired) electrons. The van der Waals surface area contributed by atoms with E-state index >= 15 is 0 Å². The minimum absolute atomic E-state index is 0.598. The molecule has 0 amide bonds. The molecule has 0 bridgehead atoms. The molecular formula is C54H35N3. The molecule has 0 saturated carbocycles. The maximum absolute atomic E-state index is 10.0. The van der Waals surface area contributed by atoms with Crippen LogP contribution in [0.5, 0.6) is 0 Å². The van der Waals surface area contributed by atoms with Crippen LogP contribution in [-0.4, -0.2) is 9.97 Å². The Balaban J connectivity index is 1.09. The van der Waals surface area contributed by atoms with E-state index in [9.17, 15) is 5.26 Å². The molecule has 0 unspecified atom stereocenters. The minimum Gasteiger partial charge on any atom is -0.228 e. The topological polar surface area (TPSA) is 49.6 Å². The largest absolute Gasteiger partial charge is 0.228 e. The first-order chi connectivity index (χ1) is 28.2. The molecule has 0 saturated heterocycles. The third-order valence-electron chi connectivity index (χ3n) is 11.2. The van der Waals surface area contributed by atoms with Gasteiger partial charge >= 0.3 is 0 Å². The lowest BCUT2D eigenvalue weighted by Crippen LogP contribution is -2.28. The van der Waals surface area contributed by atoms with Crippen molar-refractivity contribution in [1.82, 2.24) is 9.97 Å². The summed E-state index contributed by atoms with van der Waals surface area (Å²) >= 11 is 0. The highest BCUT2D eigenvalue weighted by atomic mass is 14.9. The van der Waals surface area contributed by atoms with Crippen molar-refractivity contribution >= 4 is 0 Å². The maximum Gasteiger partial charge on any atom is 0.160 e. The fourth-order valence-electron chi connectivity index (χ4n) is 8.52. The molecule has 8 aromatic carbocycles. The summed E-state index contributed by atoms with van der Waals surface area (Å²) in [6.07, 6.45) is 0. The SMILES string of the molecule is N#Cc1ccc2c(c1)C(c1ccccc1)(c1ccccc1)c1cc(-c3ccc(-c4cc(-c5ccccc5)nc(-c5cccc(-c6ccccc6)c5)n4)cc3)ccc1-2. The number of fused-ring (bicyclic) bond motifs is 3. The van der Waals surface area contributed by atoms with Crippen LogP contribution in [0.4, 0.5) is 0 Å². The summed E-state index contributed by atoms with van der Waals surface area (Å²) in [4.78, 5) is 10.3. The Labute approximate surface area is 332 Å². The van der Waals surface area contributed by atoms with Crippen LogP contribution in [0.1, 0.15) is 27.8 Å². The number of nitriles is 1. The minimum atomic E-state index is -0.598. The van der Waals surface area contributed by atoms with Crippen molar-refractivity contribution in [3.05, 3.63) is 240 Å². The molecule has 1 heterocycles. The van der Waals surface area contributed by atoms with Crippen LogP contribution in [0.3, 0.4) is 0 Å². The third-order valence-corrected chi connectivity index (χ3v) is 11.2. The van der Waals surface area contributed by atoms with Crippen molar-refractivity contribution in [2.75, 3.05) is 0 Å². The molecule has 10 rings (SSSR count). The second kappa shape index (κ2) is 14.2. The van der Waals surface area contributed by atoms with Gasteiger partial charge in [-0.05, 0) is 86.0 Å². The van der Waals surface area contributed by atoms with Crippen LogP contribution < -0.4 is 0 Å². The van der Waals surface area contributed by atoms with Crippen LogP contribution in [0, 0.1) is 11.3 Å². The summed E-state index contributed by atoms with van der Waals surface area (Å²) in [6.45, 7) is 0. The number of hydrogen-bond donors (Lipinski definition) is 0. The van der Waals surface area contributed by atoms with Crippen LogP contribution >= 0.6 is 0 Å². The molecule has 0 N–H and O–H groups in total. The Bertz CT molecular complexity index is 2890. The molecule has 0 fully saturated rings. The van der Waals surface area contributed by atoms with Crippen molar-refractivity contribution in [2.24, 2.45) is 0 Å². The van der Waals surface area contributed by atoms with Gasteiger partial charge in [0.15, 0.2) is 5.82 Å². The van der Waals surface area contributed by atoms with E-state index in [0.29, 0.717) is 11.4 Å². The first kappa shape index (κ1) is 33.9. The molecule has 3 heteroatoms. The monoisotopic (exact) mass is 725 g/mol. The van der Waals surface area contributed by atoms with Gasteiger partial charge in [-0.25, -0.2) is 9.97 Å². The molecule has 0 aliphatic heterocycles. The Morgan fingerprint density at radius 1 is 0.351 bits per heavy atom. The molecule has 1 aliphatic rings. The summed E-state index contributed by atoms with van der Waals surface area (Å²) in [5.74, 6) is 0.684. The van der Waals surface area contributed by atoms with Gasteiger partial charge in [0.25, 0.3) is 0 Å². The van der Waals surface area contributed by atoms with Gasteiger partial charge in [0, 0.05) is 16.7 Å². The lowest BCUT2D eigenvalue weighted by molar-refractivity contribution is 0.768. The predicted molar refractivity (Wildman–Crippen MR) is 231 cm³/mol. The summed E-state index contributed by atoms with van der Waals surface area (Å²) in [7, 11) is 0. The van der Waals surface area contributed by atoms with E-state index in [1.54, 1.807) is 0 Å². The Morgan fingerprint density at radius 3 is 1.40 bits per heavy atom. The Kier molecular flexibility index (Phi) is 8.43. The van der Waals surface area contributed by atoms with Gasteiger partial charge in [0.1, 0.15) is 0 Å². The number of benzene rings is 8. The van der Waals surface area contributed by atoms with Crippen LogP contribution in [-0.2, 0) is 5.41 Å². The lowest BCUT2D eigenvalue weighted by atomic mass is 9.67. The predicted octanol–water partition coefficient (Wildman–Crippen LogP) is 13.0. The molecule has 0 spiro atoms. The molecule has 0 atom stereocenters. The fraction of sp³-hybridized carbons (Fsp3) is 0.0185. The molecule has 1 aromatic heterocycles. The van der Waals surface area contributed by atoms with Crippen LogP contribution in [0.2, 0.25) is 0 Å². The van der Waals surface area contributed by atoms with Gasteiger partial charge in [0.2, 0.25) is 0 Å². The average Bonchev–Trinajstić information content (AvgIpc) is 3.59. The summed E-state index contributed by atoms with van der Waals surface area (Å²) in [5.41, 5.74) is 16.3. The van der Waals surface area contributed by atoms with Crippen molar-refractivity contribution in [1.29, 1.82) is 5.26 Å². The molecule has 9 aromatic rings. The normalized spacial score (nSPS) is 12.3. The number of aromatic nitrogens is 2. The summed E-state index contributed by atoms with van der Waals surface area (Å²) in [6, 6.07) is 76.8. The first-order valence-electron chi connectivity index (χ1n) is 19.2. The number of rotatable bonds is 7. The Hall–Kier alpha value is -7.67. The standard InChI is InChI=1S/C54H35N3/c55-36-37-24-30-47-48-31-29-43(34-50(48)54(49(47)32-37,45-20-9-3-10-21-45)46-22-11-4-12-23-46)39-25-27-41(28-26-39)52-35-51(40-16-7-2-8-17-40)56-53(57-52)44-19-13-18-42(33-44)38-14-5-1-6-15-38/h1-35H. The third kappa shape index (κ3) is 5.92. The van der Waals surface area contributed by atoms with Gasteiger partial charge in [-0.3, -0.25) is 0 Å². The molecule has 266 valence electrons. The molecule has 3 nitrogen and oxygen atoms in total.